The minimum atomic E-state index is 0. The van der Waals surface area contributed by atoms with Gasteiger partial charge in [0.15, 0.2) is 5.96 Å². The Morgan fingerprint density at radius 1 is 1.30 bits per heavy atom. The first-order chi connectivity index (χ1) is 10.7. The van der Waals surface area contributed by atoms with Crippen LogP contribution in [-0.2, 0) is 13.0 Å². The third-order valence-corrected chi connectivity index (χ3v) is 4.59. The lowest BCUT2D eigenvalue weighted by atomic mass is 10.0. The molecule has 0 aromatic carbocycles. The molecular formula is C16H31IN4OS. The molecule has 134 valence electrons. The van der Waals surface area contributed by atoms with Crippen molar-refractivity contribution in [3.05, 3.63) is 16.1 Å². The summed E-state index contributed by atoms with van der Waals surface area (Å²) in [6.45, 7) is 8.92. The summed E-state index contributed by atoms with van der Waals surface area (Å²) in [7, 11) is 0. The molecule has 0 amide bonds. The summed E-state index contributed by atoms with van der Waals surface area (Å²) >= 11 is 1.73. The minimum Gasteiger partial charge on any atom is -0.396 e. The van der Waals surface area contributed by atoms with Crippen LogP contribution in [0.25, 0.3) is 0 Å². The zero-order chi connectivity index (χ0) is 16.2. The summed E-state index contributed by atoms with van der Waals surface area (Å²) in [4.78, 5) is 10.3. The molecule has 0 bridgehead atoms. The molecule has 0 aliphatic rings. The maximum atomic E-state index is 9.13. The third-order valence-electron chi connectivity index (χ3n) is 3.46. The first-order valence-electron chi connectivity index (χ1n) is 8.30. The number of hydrogen-bond acceptors (Lipinski definition) is 4. The van der Waals surface area contributed by atoms with Crippen molar-refractivity contribution in [2.24, 2.45) is 10.9 Å². The fourth-order valence-electron chi connectivity index (χ4n) is 2.25. The average molecular weight is 454 g/mol. The number of rotatable bonds is 10. The number of thiazole rings is 1. The van der Waals surface area contributed by atoms with Crippen LogP contribution < -0.4 is 10.6 Å². The molecule has 5 nitrogen and oxygen atoms in total. The van der Waals surface area contributed by atoms with Crippen LogP contribution in [0.5, 0.6) is 0 Å². The molecule has 0 aliphatic heterocycles. The highest BCUT2D eigenvalue weighted by atomic mass is 127. The molecule has 23 heavy (non-hydrogen) atoms. The molecule has 0 aliphatic carbocycles. The average Bonchev–Trinajstić information content (AvgIpc) is 2.98. The van der Waals surface area contributed by atoms with E-state index in [0.717, 1.165) is 49.7 Å². The lowest BCUT2D eigenvalue weighted by molar-refractivity contribution is 0.251. The molecule has 0 fully saturated rings. The van der Waals surface area contributed by atoms with E-state index in [0.29, 0.717) is 12.5 Å². The topological polar surface area (TPSA) is 69.5 Å². The lowest BCUT2D eigenvalue weighted by Gasteiger charge is -2.18. The molecule has 1 rings (SSSR count). The molecule has 1 unspecified atom stereocenters. The van der Waals surface area contributed by atoms with E-state index in [2.05, 4.69) is 41.4 Å². The van der Waals surface area contributed by atoms with E-state index in [4.69, 9.17) is 5.11 Å². The van der Waals surface area contributed by atoms with Crippen LogP contribution in [0.15, 0.2) is 11.2 Å². The normalized spacial score (nSPS) is 12.6. The van der Waals surface area contributed by atoms with E-state index in [1.807, 2.05) is 6.20 Å². The van der Waals surface area contributed by atoms with Crippen LogP contribution >= 0.6 is 35.3 Å². The maximum Gasteiger partial charge on any atom is 0.191 e. The summed E-state index contributed by atoms with van der Waals surface area (Å²) in [5, 5.41) is 16.8. The molecule has 1 atom stereocenters. The van der Waals surface area contributed by atoms with Crippen molar-refractivity contribution in [3.8, 4) is 0 Å². The van der Waals surface area contributed by atoms with E-state index in [1.165, 1.54) is 4.88 Å². The fraction of sp³-hybridized carbons (Fsp3) is 0.750. The Kier molecular flexibility index (Phi) is 13.7. The van der Waals surface area contributed by atoms with Gasteiger partial charge in [0.2, 0.25) is 0 Å². The van der Waals surface area contributed by atoms with Gasteiger partial charge in [-0.2, -0.15) is 0 Å². The number of nitrogens with zero attached hydrogens (tertiary/aromatic N) is 2. The van der Waals surface area contributed by atoms with Crippen molar-refractivity contribution in [1.82, 2.24) is 15.6 Å². The van der Waals surface area contributed by atoms with Crippen molar-refractivity contribution in [3.63, 3.8) is 0 Å². The minimum absolute atomic E-state index is 0. The Balaban J connectivity index is 0.00000484. The zero-order valence-corrected chi connectivity index (χ0v) is 17.6. The Labute approximate surface area is 161 Å². The second-order valence-corrected chi connectivity index (χ2v) is 6.52. The number of hydrogen-bond donors (Lipinski definition) is 3. The second kappa shape index (κ2) is 14.0. The van der Waals surface area contributed by atoms with Gasteiger partial charge in [-0.15, -0.1) is 35.3 Å². The van der Waals surface area contributed by atoms with Gasteiger partial charge in [0.25, 0.3) is 0 Å². The summed E-state index contributed by atoms with van der Waals surface area (Å²) in [6.07, 6.45) is 6.07. The molecule has 0 saturated carbocycles. The van der Waals surface area contributed by atoms with Gasteiger partial charge in [0.1, 0.15) is 5.01 Å². The highest BCUT2D eigenvalue weighted by Gasteiger charge is 2.08. The standard InChI is InChI=1S/C16H30N4OS.HI/c1-4-7-13(8-9-21)10-19-16(17-6-3)20-12-15-18-11-14(5-2)22-15;/h11,13,21H,4-10,12H2,1-3H3,(H2,17,19,20);1H. The first-order valence-corrected chi connectivity index (χ1v) is 9.11. The molecule has 0 radical (unpaired) electrons. The van der Waals surface area contributed by atoms with Crippen LogP contribution in [0.2, 0.25) is 0 Å². The molecular weight excluding hydrogens is 423 g/mol. The second-order valence-electron chi connectivity index (χ2n) is 5.32. The van der Waals surface area contributed by atoms with Gasteiger partial charge in [0, 0.05) is 30.8 Å². The van der Waals surface area contributed by atoms with Crippen LogP contribution in [0.1, 0.15) is 49.9 Å². The van der Waals surface area contributed by atoms with Gasteiger partial charge in [-0.25, -0.2) is 9.98 Å². The smallest absolute Gasteiger partial charge is 0.191 e. The molecule has 7 heteroatoms. The van der Waals surface area contributed by atoms with Crippen molar-refractivity contribution in [1.29, 1.82) is 0 Å². The van der Waals surface area contributed by atoms with Gasteiger partial charge >= 0.3 is 0 Å². The Bertz CT molecular complexity index is 433. The molecule has 0 saturated heterocycles. The Hall–Kier alpha value is -0.410. The van der Waals surface area contributed by atoms with E-state index in [1.54, 1.807) is 11.3 Å². The van der Waals surface area contributed by atoms with Gasteiger partial charge < -0.3 is 15.7 Å². The van der Waals surface area contributed by atoms with Crippen molar-refractivity contribution < 1.29 is 5.11 Å². The summed E-state index contributed by atoms with van der Waals surface area (Å²) in [5.41, 5.74) is 0. The molecule has 3 N–H and O–H groups in total. The summed E-state index contributed by atoms with van der Waals surface area (Å²) < 4.78 is 0. The molecule has 0 spiro atoms. The van der Waals surface area contributed by atoms with Gasteiger partial charge in [-0.05, 0) is 32.1 Å². The van der Waals surface area contributed by atoms with Gasteiger partial charge in [-0.1, -0.05) is 20.3 Å². The van der Waals surface area contributed by atoms with Gasteiger partial charge in [0.05, 0.1) is 6.54 Å². The Morgan fingerprint density at radius 3 is 2.65 bits per heavy atom. The summed E-state index contributed by atoms with van der Waals surface area (Å²) in [6, 6.07) is 0. The van der Waals surface area contributed by atoms with E-state index in [-0.39, 0.29) is 30.6 Å². The molecule has 1 heterocycles. The van der Waals surface area contributed by atoms with Crippen LogP contribution in [0, 0.1) is 5.92 Å². The zero-order valence-electron chi connectivity index (χ0n) is 14.5. The number of nitrogens with one attached hydrogen (secondary N) is 2. The maximum absolute atomic E-state index is 9.13. The third kappa shape index (κ3) is 9.46. The summed E-state index contributed by atoms with van der Waals surface area (Å²) in [5.74, 6) is 1.32. The van der Waals surface area contributed by atoms with E-state index in [9.17, 15) is 0 Å². The quantitative estimate of drug-likeness (QED) is 0.289. The van der Waals surface area contributed by atoms with Crippen LogP contribution in [0.3, 0.4) is 0 Å². The highest BCUT2D eigenvalue weighted by molar-refractivity contribution is 14.0. The number of aliphatic hydroxyl groups excluding tert-OH is 1. The van der Waals surface area contributed by atoms with Crippen LogP contribution in [0.4, 0.5) is 0 Å². The fourth-order valence-corrected chi connectivity index (χ4v) is 3.04. The van der Waals surface area contributed by atoms with Crippen molar-refractivity contribution in [2.75, 3.05) is 19.7 Å². The largest absolute Gasteiger partial charge is 0.396 e. The SMILES string of the molecule is CCCC(CCO)CNC(=NCc1ncc(CC)s1)NCC.I. The Morgan fingerprint density at radius 2 is 2.09 bits per heavy atom. The molecule has 1 aromatic rings. The van der Waals surface area contributed by atoms with E-state index < -0.39 is 0 Å². The predicted molar refractivity (Wildman–Crippen MR) is 110 cm³/mol. The highest BCUT2D eigenvalue weighted by Crippen LogP contribution is 2.14. The number of guanidine groups is 1. The number of aliphatic imine (C=N–C) groups is 1. The number of aromatic nitrogens is 1. The monoisotopic (exact) mass is 454 g/mol. The van der Waals surface area contributed by atoms with E-state index >= 15 is 0 Å². The van der Waals surface area contributed by atoms with Crippen molar-refractivity contribution >= 4 is 41.3 Å². The predicted octanol–water partition coefficient (Wildman–Crippen LogP) is 3.18. The first kappa shape index (κ1) is 22.6. The van der Waals surface area contributed by atoms with Crippen LogP contribution in [-0.4, -0.2) is 35.7 Å². The lowest BCUT2D eigenvalue weighted by Crippen LogP contribution is -2.40. The van der Waals surface area contributed by atoms with Crippen molar-refractivity contribution in [2.45, 2.75) is 53.0 Å². The van der Waals surface area contributed by atoms with Gasteiger partial charge in [-0.3, -0.25) is 0 Å². The molecule has 1 aromatic heterocycles. The number of aliphatic hydroxyl groups is 1. The number of aryl methyl sites for hydroxylation is 1. The number of halogens is 1.